The summed E-state index contributed by atoms with van der Waals surface area (Å²) in [6.07, 6.45) is 3.20. The number of ether oxygens (including phenoxy) is 1. The van der Waals surface area contributed by atoms with Gasteiger partial charge in [-0.25, -0.2) is 4.79 Å². The van der Waals surface area contributed by atoms with Gasteiger partial charge in [-0.3, -0.25) is 0 Å². The highest BCUT2D eigenvalue weighted by atomic mass is 16.5. The molecule has 1 N–H and O–H groups in total. The van der Waals surface area contributed by atoms with Crippen molar-refractivity contribution in [3.63, 3.8) is 0 Å². The van der Waals surface area contributed by atoms with E-state index in [9.17, 15) is 4.79 Å². The normalized spacial score (nSPS) is 20.7. The highest BCUT2D eigenvalue weighted by Crippen LogP contribution is 2.24. The first-order chi connectivity index (χ1) is 12.5. The molecule has 1 aromatic carbocycles. The lowest BCUT2D eigenvalue weighted by atomic mass is 9.93. The molecule has 0 aromatic heterocycles. The minimum absolute atomic E-state index is 0.0328. The molecule has 1 heterocycles. The van der Waals surface area contributed by atoms with E-state index in [-0.39, 0.29) is 12.1 Å². The van der Waals surface area contributed by atoms with Crippen LogP contribution in [0.1, 0.15) is 45.6 Å². The van der Waals surface area contributed by atoms with Crippen LogP contribution in [0.15, 0.2) is 18.2 Å². The van der Waals surface area contributed by atoms with Crippen molar-refractivity contribution in [1.82, 2.24) is 9.80 Å². The van der Waals surface area contributed by atoms with E-state index in [0.29, 0.717) is 5.92 Å². The van der Waals surface area contributed by atoms with Gasteiger partial charge in [0.2, 0.25) is 0 Å². The number of unbranched alkanes of at least 4 members (excludes halogenated alkanes) is 1. The molecule has 5 heteroatoms. The van der Waals surface area contributed by atoms with Crippen LogP contribution in [0.4, 0.5) is 10.5 Å². The Hall–Kier alpha value is -1.75. The number of hydrogen-bond acceptors (Lipinski definition) is 3. The molecule has 1 saturated heterocycles. The summed E-state index contributed by atoms with van der Waals surface area (Å²) in [4.78, 5) is 17.1. The van der Waals surface area contributed by atoms with Crippen molar-refractivity contribution in [2.45, 2.75) is 53.0 Å². The second-order valence-electron chi connectivity index (χ2n) is 7.45. The van der Waals surface area contributed by atoms with Crippen LogP contribution in [0.2, 0.25) is 0 Å². The molecule has 5 nitrogen and oxygen atoms in total. The third-order valence-electron chi connectivity index (χ3n) is 5.42. The van der Waals surface area contributed by atoms with Crippen molar-refractivity contribution in [3.05, 3.63) is 23.8 Å². The van der Waals surface area contributed by atoms with E-state index in [2.05, 4.69) is 31.0 Å². The van der Waals surface area contributed by atoms with Crippen LogP contribution in [0.5, 0.6) is 5.75 Å². The number of urea groups is 1. The number of benzene rings is 1. The number of rotatable bonds is 7. The second kappa shape index (κ2) is 9.81. The Kier molecular flexibility index (Phi) is 7.76. The summed E-state index contributed by atoms with van der Waals surface area (Å²) >= 11 is 0. The van der Waals surface area contributed by atoms with Gasteiger partial charge in [-0.1, -0.05) is 27.2 Å². The maximum absolute atomic E-state index is 12.7. The lowest BCUT2D eigenvalue weighted by molar-refractivity contribution is 0.101. The predicted molar refractivity (Wildman–Crippen MR) is 108 cm³/mol. The van der Waals surface area contributed by atoms with Crippen molar-refractivity contribution in [2.24, 2.45) is 5.92 Å². The van der Waals surface area contributed by atoms with Crippen molar-refractivity contribution in [2.75, 3.05) is 38.6 Å². The van der Waals surface area contributed by atoms with Gasteiger partial charge in [-0.15, -0.1) is 0 Å². The van der Waals surface area contributed by atoms with Crippen molar-refractivity contribution in [1.29, 1.82) is 0 Å². The van der Waals surface area contributed by atoms with Crippen molar-refractivity contribution < 1.29 is 9.53 Å². The number of aryl methyl sites for hydroxylation is 1. The molecule has 1 aliphatic heterocycles. The Morgan fingerprint density at radius 1 is 1.38 bits per heavy atom. The maximum Gasteiger partial charge on any atom is 0.321 e. The van der Waals surface area contributed by atoms with E-state index >= 15 is 0 Å². The van der Waals surface area contributed by atoms with E-state index in [1.165, 1.54) is 0 Å². The van der Waals surface area contributed by atoms with E-state index in [1.54, 1.807) is 0 Å². The molecule has 0 aliphatic carbocycles. The molecular weight excluding hydrogens is 326 g/mol. The summed E-state index contributed by atoms with van der Waals surface area (Å²) in [7, 11) is 1.91. The molecule has 1 aromatic rings. The molecular formula is C21H35N3O2. The second-order valence-corrected chi connectivity index (χ2v) is 7.45. The number of likely N-dealkylation sites (tertiary alicyclic amines) is 1. The summed E-state index contributed by atoms with van der Waals surface area (Å²) in [5, 5.41) is 3.07. The molecule has 2 atom stereocenters. The first-order valence-electron chi connectivity index (χ1n) is 9.95. The molecule has 1 aliphatic rings. The van der Waals surface area contributed by atoms with E-state index in [1.807, 2.05) is 37.1 Å². The zero-order valence-electron chi connectivity index (χ0n) is 17.0. The third kappa shape index (κ3) is 5.37. The molecule has 0 bridgehead atoms. The number of piperidine rings is 1. The van der Waals surface area contributed by atoms with Gasteiger partial charge >= 0.3 is 6.03 Å². The van der Waals surface area contributed by atoms with Crippen molar-refractivity contribution >= 4 is 11.7 Å². The number of carbonyl (C=O) groups excluding carboxylic acids is 1. The first kappa shape index (κ1) is 20.6. The monoisotopic (exact) mass is 361 g/mol. The fourth-order valence-electron chi connectivity index (χ4n) is 3.64. The lowest BCUT2D eigenvalue weighted by Gasteiger charge is -2.40. The topological polar surface area (TPSA) is 44.8 Å². The van der Waals surface area contributed by atoms with Gasteiger partial charge in [0.05, 0.1) is 6.61 Å². The largest absolute Gasteiger partial charge is 0.494 e. The standard InChI is InChI=1S/C21H35N3O2/c1-6-8-13-26-18-9-10-19(16(3)14-18)22-21(25)23(5)20-11-12-24(7-2)15-17(20)4/h9-10,14,17,20H,6-8,11-13,15H2,1-5H3,(H,22,25)/t17-,20+/m0/s1. The van der Waals surface area contributed by atoms with Gasteiger partial charge in [0.1, 0.15) is 5.75 Å². The smallest absolute Gasteiger partial charge is 0.321 e. The average molecular weight is 362 g/mol. The Labute approximate surface area is 158 Å². The molecule has 1 fully saturated rings. The third-order valence-corrected chi connectivity index (χ3v) is 5.42. The van der Waals surface area contributed by atoms with Gasteiger partial charge in [-0.2, -0.15) is 0 Å². The fraction of sp³-hybridized carbons (Fsp3) is 0.667. The zero-order valence-corrected chi connectivity index (χ0v) is 17.0. The Morgan fingerprint density at radius 2 is 2.15 bits per heavy atom. The lowest BCUT2D eigenvalue weighted by Crippen LogP contribution is -2.51. The average Bonchev–Trinajstić information content (AvgIpc) is 2.63. The predicted octanol–water partition coefficient (Wildman–Crippen LogP) is 4.37. The van der Waals surface area contributed by atoms with E-state index in [0.717, 1.165) is 62.5 Å². The Bertz CT molecular complexity index is 591. The summed E-state index contributed by atoms with van der Waals surface area (Å²) < 4.78 is 5.74. The summed E-state index contributed by atoms with van der Waals surface area (Å²) in [5.74, 6) is 1.35. The number of nitrogens with one attached hydrogen (secondary N) is 1. The summed E-state index contributed by atoms with van der Waals surface area (Å²) in [6, 6.07) is 6.11. The number of carbonyl (C=O) groups is 1. The SMILES string of the molecule is CCCCOc1ccc(NC(=O)N(C)[C@@H]2CCN(CC)C[C@@H]2C)c(C)c1. The number of hydrogen-bond donors (Lipinski definition) is 1. The van der Waals surface area contributed by atoms with Crippen LogP contribution in [-0.2, 0) is 0 Å². The van der Waals surface area contributed by atoms with Crippen LogP contribution in [0.25, 0.3) is 0 Å². The highest BCUT2D eigenvalue weighted by molar-refractivity contribution is 5.90. The quantitative estimate of drug-likeness (QED) is 0.734. The van der Waals surface area contributed by atoms with Gasteiger partial charge in [0.15, 0.2) is 0 Å². The molecule has 146 valence electrons. The van der Waals surface area contributed by atoms with Gasteiger partial charge in [0, 0.05) is 31.9 Å². The molecule has 0 unspecified atom stereocenters. The fourth-order valence-corrected chi connectivity index (χ4v) is 3.64. The number of nitrogens with zero attached hydrogens (tertiary/aromatic N) is 2. The van der Waals surface area contributed by atoms with Crippen LogP contribution in [0, 0.1) is 12.8 Å². The first-order valence-corrected chi connectivity index (χ1v) is 9.95. The summed E-state index contributed by atoms with van der Waals surface area (Å²) in [5.41, 5.74) is 1.87. The van der Waals surface area contributed by atoms with E-state index < -0.39 is 0 Å². The molecule has 0 radical (unpaired) electrons. The van der Waals surface area contributed by atoms with Crippen LogP contribution in [-0.4, -0.2) is 55.2 Å². The Morgan fingerprint density at radius 3 is 2.77 bits per heavy atom. The number of amides is 2. The minimum atomic E-state index is -0.0328. The van der Waals surface area contributed by atoms with E-state index in [4.69, 9.17) is 4.74 Å². The number of anilines is 1. The summed E-state index contributed by atoms with van der Waals surface area (Å²) in [6.45, 7) is 12.5. The van der Waals surface area contributed by atoms with Crippen LogP contribution >= 0.6 is 0 Å². The minimum Gasteiger partial charge on any atom is -0.494 e. The molecule has 2 amide bonds. The van der Waals surface area contributed by atoms with Gasteiger partial charge < -0.3 is 19.9 Å². The van der Waals surface area contributed by atoms with Crippen LogP contribution < -0.4 is 10.1 Å². The highest BCUT2D eigenvalue weighted by Gasteiger charge is 2.30. The maximum atomic E-state index is 12.7. The van der Waals surface area contributed by atoms with Gasteiger partial charge in [0.25, 0.3) is 0 Å². The van der Waals surface area contributed by atoms with Crippen molar-refractivity contribution in [3.8, 4) is 5.75 Å². The van der Waals surface area contributed by atoms with Crippen LogP contribution in [0.3, 0.4) is 0 Å². The zero-order chi connectivity index (χ0) is 19.1. The molecule has 0 spiro atoms. The molecule has 26 heavy (non-hydrogen) atoms. The Balaban J connectivity index is 1.94. The molecule has 0 saturated carbocycles. The molecule has 2 rings (SSSR count). The van der Waals surface area contributed by atoms with Gasteiger partial charge in [-0.05, 0) is 56.0 Å².